The largest absolute Gasteiger partial charge is 0.262 e. The average Bonchev–Trinajstić information content (AvgIpc) is 2.34. The topological polar surface area (TPSA) is 30.2 Å². The van der Waals surface area contributed by atoms with Crippen LogP contribution in [0.4, 0.5) is 0 Å². The van der Waals surface area contributed by atoms with E-state index in [0.717, 1.165) is 5.52 Å². The number of hydrogen-bond donors (Lipinski definition) is 0. The second-order valence-corrected chi connectivity index (χ2v) is 3.05. The quantitative estimate of drug-likeness (QED) is 0.652. The number of imidazole rings is 1. The maximum atomic E-state index is 5.79. The van der Waals surface area contributed by atoms with Gasteiger partial charge in [-0.15, -0.1) is 0 Å². The van der Waals surface area contributed by atoms with Gasteiger partial charge in [0.25, 0.3) is 0 Å². The minimum atomic E-state index is 0.409. The number of aromatic nitrogens is 3. The molecule has 0 saturated carbocycles. The van der Waals surface area contributed by atoms with Crippen LogP contribution in [0.5, 0.6) is 0 Å². The Hall–Kier alpha value is -0.610. The van der Waals surface area contributed by atoms with Crippen molar-refractivity contribution in [1.82, 2.24) is 14.4 Å². The van der Waals surface area contributed by atoms with Crippen molar-refractivity contribution in [3.8, 4) is 0 Å². The molecule has 0 amide bonds. The Morgan fingerprint density at radius 1 is 1.45 bits per heavy atom. The Morgan fingerprint density at radius 3 is 3.00 bits per heavy atom. The van der Waals surface area contributed by atoms with Gasteiger partial charge in [0.1, 0.15) is 0 Å². The summed E-state index contributed by atoms with van der Waals surface area (Å²) in [6.45, 7) is 0. The molecule has 2 aromatic rings. The highest BCUT2D eigenvalue weighted by Gasteiger charge is 2.02. The fourth-order valence-corrected chi connectivity index (χ4v) is 1.69. The van der Waals surface area contributed by atoms with E-state index in [1.165, 1.54) is 0 Å². The zero-order valence-electron chi connectivity index (χ0n) is 5.33. The molecule has 2 rings (SSSR count). The van der Waals surface area contributed by atoms with Crippen LogP contribution in [0.2, 0.25) is 5.28 Å². The van der Waals surface area contributed by atoms with Crippen LogP contribution in [-0.4, -0.2) is 14.4 Å². The van der Waals surface area contributed by atoms with Crippen LogP contribution in [0.15, 0.2) is 23.2 Å². The van der Waals surface area contributed by atoms with E-state index < -0.39 is 0 Å². The summed E-state index contributed by atoms with van der Waals surface area (Å²) in [7, 11) is 0. The lowest BCUT2D eigenvalue weighted by molar-refractivity contribution is 1.04. The normalized spacial score (nSPS) is 10.7. The van der Waals surface area contributed by atoms with Crippen molar-refractivity contribution < 1.29 is 0 Å². The van der Waals surface area contributed by atoms with Crippen LogP contribution in [0, 0.1) is 0 Å². The number of rotatable bonds is 0. The molecule has 0 radical (unpaired) electrons. The van der Waals surface area contributed by atoms with Gasteiger partial charge in [-0.3, -0.25) is 4.40 Å². The highest BCUT2D eigenvalue weighted by molar-refractivity contribution is 9.10. The molecule has 0 aliphatic heterocycles. The van der Waals surface area contributed by atoms with Gasteiger partial charge in [-0.1, -0.05) is 0 Å². The Kier molecular flexibility index (Phi) is 1.58. The maximum Gasteiger partial charge on any atom is 0.209 e. The zero-order valence-corrected chi connectivity index (χ0v) is 7.67. The molecule has 0 N–H and O–H groups in total. The van der Waals surface area contributed by atoms with Crippen LogP contribution in [0.3, 0.4) is 0 Å². The molecule has 3 nitrogen and oxygen atoms in total. The Bertz CT molecular complexity index is 398. The smallest absolute Gasteiger partial charge is 0.209 e. The van der Waals surface area contributed by atoms with E-state index in [0.29, 0.717) is 10.0 Å². The van der Waals surface area contributed by atoms with Crippen molar-refractivity contribution >= 4 is 33.0 Å². The van der Waals surface area contributed by atoms with Gasteiger partial charge in [0.05, 0.1) is 11.7 Å². The third kappa shape index (κ3) is 1.02. The molecule has 0 aliphatic rings. The van der Waals surface area contributed by atoms with E-state index in [1.54, 1.807) is 16.8 Å². The molecule has 0 unspecified atom stereocenters. The number of fused-ring (bicyclic) bond motifs is 1. The molecule has 11 heavy (non-hydrogen) atoms. The molecular formula is C6H3BrClN3. The van der Waals surface area contributed by atoms with Crippen LogP contribution >= 0.6 is 27.5 Å². The summed E-state index contributed by atoms with van der Waals surface area (Å²) < 4.78 is 2.38. The summed E-state index contributed by atoms with van der Waals surface area (Å²) in [4.78, 5) is 7.91. The summed E-state index contributed by atoms with van der Waals surface area (Å²) in [6, 6.07) is 1.84. The number of nitrogens with zero attached hydrogens (tertiary/aromatic N) is 3. The first kappa shape index (κ1) is 7.06. The molecule has 0 spiro atoms. The van der Waals surface area contributed by atoms with Crippen LogP contribution < -0.4 is 0 Å². The van der Waals surface area contributed by atoms with Gasteiger partial charge in [0.15, 0.2) is 4.73 Å². The second kappa shape index (κ2) is 2.46. The predicted octanol–water partition coefficient (Wildman–Crippen LogP) is 2.15. The maximum absolute atomic E-state index is 5.79. The lowest BCUT2D eigenvalue weighted by Crippen LogP contribution is -1.88. The fraction of sp³-hybridized carbons (Fsp3) is 0. The van der Waals surface area contributed by atoms with Gasteiger partial charge in [-0.05, 0) is 33.6 Å². The average molecular weight is 232 g/mol. The van der Waals surface area contributed by atoms with E-state index in [4.69, 9.17) is 11.6 Å². The first-order chi connectivity index (χ1) is 5.29. The van der Waals surface area contributed by atoms with Gasteiger partial charge >= 0.3 is 0 Å². The standard InChI is InChI=1S/C6H3BrClN3/c7-5-10-3-4-1-2-9-6(8)11(4)5/h1-3H. The van der Waals surface area contributed by atoms with Crippen LogP contribution in [-0.2, 0) is 0 Å². The highest BCUT2D eigenvalue weighted by Crippen LogP contribution is 2.16. The first-order valence-corrected chi connectivity index (χ1v) is 4.09. The van der Waals surface area contributed by atoms with E-state index in [2.05, 4.69) is 25.9 Å². The molecule has 0 bridgehead atoms. The molecule has 0 atom stereocenters. The van der Waals surface area contributed by atoms with Crippen molar-refractivity contribution in [2.45, 2.75) is 0 Å². The minimum absolute atomic E-state index is 0.409. The Labute approximate surface area is 76.2 Å². The molecule has 0 saturated heterocycles. The number of hydrogen-bond acceptors (Lipinski definition) is 2. The monoisotopic (exact) mass is 231 g/mol. The predicted molar refractivity (Wildman–Crippen MR) is 45.7 cm³/mol. The Morgan fingerprint density at radius 2 is 2.27 bits per heavy atom. The molecular weight excluding hydrogens is 229 g/mol. The molecule has 0 aliphatic carbocycles. The summed E-state index contributed by atoms with van der Waals surface area (Å²) in [5.41, 5.74) is 0.928. The van der Waals surface area contributed by atoms with Crippen LogP contribution in [0.1, 0.15) is 0 Å². The summed E-state index contributed by atoms with van der Waals surface area (Å²) >= 11 is 9.03. The van der Waals surface area contributed by atoms with Crippen LogP contribution in [0.25, 0.3) is 5.52 Å². The van der Waals surface area contributed by atoms with E-state index in [1.807, 2.05) is 6.07 Å². The lowest BCUT2D eigenvalue weighted by atomic mass is 10.5. The lowest BCUT2D eigenvalue weighted by Gasteiger charge is -1.95. The van der Waals surface area contributed by atoms with E-state index in [-0.39, 0.29) is 0 Å². The molecule has 5 heteroatoms. The van der Waals surface area contributed by atoms with Crippen molar-refractivity contribution in [2.24, 2.45) is 0 Å². The SMILES string of the molecule is Clc1nccc2cnc(Br)n12. The van der Waals surface area contributed by atoms with Gasteiger partial charge in [0.2, 0.25) is 5.28 Å². The molecule has 56 valence electrons. The molecule has 0 fully saturated rings. The van der Waals surface area contributed by atoms with Gasteiger partial charge in [-0.2, -0.15) is 0 Å². The van der Waals surface area contributed by atoms with E-state index in [9.17, 15) is 0 Å². The first-order valence-electron chi connectivity index (χ1n) is 2.92. The third-order valence-electron chi connectivity index (χ3n) is 1.36. The summed E-state index contributed by atoms with van der Waals surface area (Å²) in [5.74, 6) is 0. The van der Waals surface area contributed by atoms with Gasteiger partial charge in [0, 0.05) is 6.20 Å². The fourth-order valence-electron chi connectivity index (χ4n) is 0.875. The second-order valence-electron chi connectivity index (χ2n) is 2.00. The van der Waals surface area contributed by atoms with Gasteiger partial charge in [-0.25, -0.2) is 9.97 Å². The third-order valence-corrected chi connectivity index (χ3v) is 2.18. The van der Waals surface area contributed by atoms with Crippen molar-refractivity contribution in [3.05, 3.63) is 28.5 Å². The van der Waals surface area contributed by atoms with Crippen molar-refractivity contribution in [3.63, 3.8) is 0 Å². The number of halogens is 2. The summed E-state index contributed by atoms with van der Waals surface area (Å²) in [5, 5.41) is 0.409. The van der Waals surface area contributed by atoms with E-state index >= 15 is 0 Å². The van der Waals surface area contributed by atoms with Crippen molar-refractivity contribution in [2.75, 3.05) is 0 Å². The van der Waals surface area contributed by atoms with Crippen molar-refractivity contribution in [1.29, 1.82) is 0 Å². The Balaban J connectivity index is 2.96. The molecule has 0 aromatic carbocycles. The zero-order chi connectivity index (χ0) is 7.84. The van der Waals surface area contributed by atoms with Gasteiger partial charge < -0.3 is 0 Å². The minimum Gasteiger partial charge on any atom is -0.262 e. The summed E-state index contributed by atoms with van der Waals surface area (Å²) in [6.07, 6.45) is 3.36. The molecule has 2 heterocycles. The molecule has 2 aromatic heterocycles. The highest BCUT2D eigenvalue weighted by atomic mass is 79.9.